The number of esters is 1. The molecule has 0 N–H and O–H groups in total. The molecule has 2 aromatic carbocycles. The number of hydrogen-bond donors (Lipinski definition) is 0. The predicted molar refractivity (Wildman–Crippen MR) is 94.1 cm³/mol. The molecule has 1 saturated carbocycles. The molecule has 2 aliphatic heterocycles. The molecule has 1 aliphatic carbocycles. The van der Waals surface area contributed by atoms with Gasteiger partial charge >= 0.3 is 5.97 Å². The second kappa shape index (κ2) is 5.06. The Kier molecular flexibility index (Phi) is 3.02. The summed E-state index contributed by atoms with van der Waals surface area (Å²) in [6.07, 6.45) is 4.60. The van der Waals surface area contributed by atoms with Crippen LogP contribution >= 0.6 is 0 Å². The summed E-state index contributed by atoms with van der Waals surface area (Å²) < 4.78 is 12.3. The van der Waals surface area contributed by atoms with Crippen LogP contribution in [-0.2, 0) is 20.7 Å². The standard InChI is InChI=1S/C22H20O3/c1-21-14-16-13-17(24-20(23)15-7-3-2-4-8-15)11-12-22(16,25-21)19-10-6-5-9-18(19)21/h2-10,14,17H,11-13H2,1H3/t17-,21+,22+/m1/s1. The summed E-state index contributed by atoms with van der Waals surface area (Å²) in [5.74, 6) is -0.238. The molecule has 5 rings (SSSR count). The van der Waals surface area contributed by atoms with Gasteiger partial charge in [0.25, 0.3) is 0 Å². The van der Waals surface area contributed by atoms with Crippen molar-refractivity contribution in [2.24, 2.45) is 0 Å². The summed E-state index contributed by atoms with van der Waals surface area (Å²) in [6, 6.07) is 17.7. The lowest BCUT2D eigenvalue weighted by molar-refractivity contribution is -0.0871. The van der Waals surface area contributed by atoms with Gasteiger partial charge in [-0.25, -0.2) is 4.79 Å². The molecule has 126 valence electrons. The van der Waals surface area contributed by atoms with Gasteiger partial charge in [-0.05, 0) is 54.7 Å². The van der Waals surface area contributed by atoms with Crippen LogP contribution in [0.4, 0.5) is 0 Å². The Labute approximate surface area is 147 Å². The van der Waals surface area contributed by atoms with Crippen molar-refractivity contribution in [1.82, 2.24) is 0 Å². The Morgan fingerprint density at radius 3 is 2.60 bits per heavy atom. The average molecular weight is 332 g/mol. The van der Waals surface area contributed by atoms with E-state index in [-0.39, 0.29) is 23.3 Å². The molecular formula is C22H20O3. The Morgan fingerprint density at radius 2 is 1.80 bits per heavy atom. The zero-order chi connectivity index (χ0) is 17.1. The number of ether oxygens (including phenoxy) is 2. The van der Waals surface area contributed by atoms with E-state index in [2.05, 4.69) is 37.3 Å². The molecule has 0 amide bonds. The lowest BCUT2D eigenvalue weighted by Crippen LogP contribution is -2.36. The summed E-state index contributed by atoms with van der Waals surface area (Å²) in [6.45, 7) is 2.14. The zero-order valence-electron chi connectivity index (χ0n) is 14.2. The van der Waals surface area contributed by atoms with E-state index in [1.54, 1.807) is 12.1 Å². The second-order valence-electron chi connectivity index (χ2n) is 7.39. The molecule has 3 nitrogen and oxygen atoms in total. The van der Waals surface area contributed by atoms with Crippen molar-refractivity contribution >= 4 is 5.97 Å². The minimum Gasteiger partial charge on any atom is -0.458 e. The first-order chi connectivity index (χ1) is 12.1. The van der Waals surface area contributed by atoms with Crippen LogP contribution < -0.4 is 0 Å². The Morgan fingerprint density at radius 1 is 1.08 bits per heavy atom. The van der Waals surface area contributed by atoms with Crippen molar-refractivity contribution in [2.45, 2.75) is 43.5 Å². The van der Waals surface area contributed by atoms with Gasteiger partial charge in [-0.2, -0.15) is 0 Å². The van der Waals surface area contributed by atoms with E-state index in [9.17, 15) is 4.79 Å². The first kappa shape index (κ1) is 14.9. The lowest BCUT2D eigenvalue weighted by Gasteiger charge is -2.37. The maximum absolute atomic E-state index is 12.4. The zero-order valence-corrected chi connectivity index (χ0v) is 14.2. The third kappa shape index (κ3) is 2.05. The van der Waals surface area contributed by atoms with Crippen molar-refractivity contribution in [1.29, 1.82) is 0 Å². The van der Waals surface area contributed by atoms with Gasteiger partial charge in [-0.15, -0.1) is 0 Å². The first-order valence-electron chi connectivity index (χ1n) is 8.89. The van der Waals surface area contributed by atoms with E-state index < -0.39 is 0 Å². The lowest BCUT2D eigenvalue weighted by atomic mass is 9.70. The molecule has 3 heteroatoms. The Balaban J connectivity index is 1.40. The molecule has 25 heavy (non-hydrogen) atoms. The molecule has 0 aromatic heterocycles. The number of hydrogen-bond acceptors (Lipinski definition) is 3. The molecule has 1 spiro atoms. The minimum atomic E-state index is -0.343. The van der Waals surface area contributed by atoms with Crippen molar-refractivity contribution in [3.05, 3.63) is 82.9 Å². The van der Waals surface area contributed by atoms with Crippen LogP contribution in [0.2, 0.25) is 0 Å². The molecule has 3 atom stereocenters. The smallest absolute Gasteiger partial charge is 0.338 e. The van der Waals surface area contributed by atoms with Crippen molar-refractivity contribution in [2.75, 3.05) is 0 Å². The first-order valence-corrected chi connectivity index (χ1v) is 8.89. The normalized spacial score (nSPS) is 31.9. The highest BCUT2D eigenvalue weighted by Gasteiger charge is 2.59. The van der Waals surface area contributed by atoms with E-state index in [0.29, 0.717) is 5.56 Å². The van der Waals surface area contributed by atoms with Crippen LogP contribution in [0.15, 0.2) is 66.2 Å². The van der Waals surface area contributed by atoms with Gasteiger partial charge in [0.05, 0.1) is 5.56 Å². The highest BCUT2D eigenvalue weighted by molar-refractivity contribution is 5.89. The summed E-state index contributed by atoms with van der Waals surface area (Å²) in [7, 11) is 0. The van der Waals surface area contributed by atoms with Gasteiger partial charge in [0, 0.05) is 6.42 Å². The van der Waals surface area contributed by atoms with E-state index in [0.717, 1.165) is 19.3 Å². The summed E-state index contributed by atoms with van der Waals surface area (Å²) in [4.78, 5) is 12.4. The second-order valence-corrected chi connectivity index (χ2v) is 7.39. The molecular weight excluding hydrogens is 312 g/mol. The van der Waals surface area contributed by atoms with E-state index in [1.165, 1.54) is 16.7 Å². The monoisotopic (exact) mass is 332 g/mol. The van der Waals surface area contributed by atoms with Crippen LogP contribution in [0.1, 0.15) is 47.7 Å². The van der Waals surface area contributed by atoms with E-state index in [1.807, 2.05) is 18.2 Å². The Hall–Kier alpha value is -2.39. The van der Waals surface area contributed by atoms with Gasteiger partial charge in [-0.1, -0.05) is 42.5 Å². The quantitative estimate of drug-likeness (QED) is 0.601. The average Bonchev–Trinajstić information content (AvgIpc) is 3.08. The summed E-state index contributed by atoms with van der Waals surface area (Å²) in [5.41, 5.74) is 3.80. The fourth-order valence-electron chi connectivity index (χ4n) is 4.71. The number of carbonyl (C=O) groups excluding carboxylic acids is 1. The van der Waals surface area contributed by atoms with Crippen molar-refractivity contribution < 1.29 is 14.3 Å². The van der Waals surface area contributed by atoms with Crippen molar-refractivity contribution in [3.63, 3.8) is 0 Å². The molecule has 0 saturated heterocycles. The molecule has 3 aliphatic rings. The van der Waals surface area contributed by atoms with Crippen LogP contribution in [0.25, 0.3) is 0 Å². The highest BCUT2D eigenvalue weighted by Crippen LogP contribution is 2.62. The molecule has 2 heterocycles. The number of rotatable bonds is 2. The SMILES string of the molecule is C[C@@]12C=C3C[C@H](OC(=O)c4ccccc4)CC[C@@]3(O1)c1ccccc12. The number of carbonyl (C=O) groups is 1. The highest BCUT2D eigenvalue weighted by atomic mass is 16.5. The molecule has 1 fully saturated rings. The molecule has 2 aromatic rings. The van der Waals surface area contributed by atoms with Gasteiger partial charge in [0.1, 0.15) is 17.3 Å². The van der Waals surface area contributed by atoms with E-state index in [4.69, 9.17) is 9.47 Å². The molecule has 2 bridgehead atoms. The Bertz CT molecular complexity index is 885. The summed E-state index contributed by atoms with van der Waals surface area (Å²) in [5, 5.41) is 0. The third-order valence-electron chi connectivity index (χ3n) is 5.80. The topological polar surface area (TPSA) is 35.5 Å². The van der Waals surface area contributed by atoms with Gasteiger partial charge in [0.15, 0.2) is 0 Å². The number of benzene rings is 2. The number of fused-ring (bicyclic) bond motifs is 3. The maximum atomic E-state index is 12.4. The molecule has 0 unspecified atom stereocenters. The largest absolute Gasteiger partial charge is 0.458 e. The maximum Gasteiger partial charge on any atom is 0.338 e. The van der Waals surface area contributed by atoms with Gasteiger partial charge < -0.3 is 9.47 Å². The van der Waals surface area contributed by atoms with Crippen LogP contribution in [-0.4, -0.2) is 12.1 Å². The molecule has 0 radical (unpaired) electrons. The third-order valence-corrected chi connectivity index (χ3v) is 5.80. The van der Waals surface area contributed by atoms with Gasteiger partial charge in [0.2, 0.25) is 0 Å². The minimum absolute atomic E-state index is 0.0803. The fraction of sp³-hybridized carbons (Fsp3) is 0.318. The van der Waals surface area contributed by atoms with Crippen LogP contribution in [0.5, 0.6) is 0 Å². The predicted octanol–water partition coefficient (Wildman–Crippen LogP) is 4.48. The van der Waals surface area contributed by atoms with Crippen LogP contribution in [0.3, 0.4) is 0 Å². The van der Waals surface area contributed by atoms with Crippen LogP contribution in [0, 0.1) is 0 Å². The van der Waals surface area contributed by atoms with Gasteiger partial charge in [-0.3, -0.25) is 0 Å². The van der Waals surface area contributed by atoms with E-state index >= 15 is 0 Å². The van der Waals surface area contributed by atoms with Crippen molar-refractivity contribution in [3.8, 4) is 0 Å². The fourth-order valence-corrected chi connectivity index (χ4v) is 4.71. The summed E-state index contributed by atoms with van der Waals surface area (Å²) >= 11 is 0.